The van der Waals surface area contributed by atoms with Crippen molar-refractivity contribution in [2.24, 2.45) is 0 Å². The molecule has 1 saturated heterocycles. The van der Waals surface area contributed by atoms with Crippen molar-refractivity contribution in [3.63, 3.8) is 0 Å². The van der Waals surface area contributed by atoms with Crippen molar-refractivity contribution in [3.05, 3.63) is 23.8 Å². The van der Waals surface area contributed by atoms with Gasteiger partial charge in [0.25, 0.3) is 0 Å². The molecule has 1 aromatic rings. The molecule has 1 aliphatic rings. The molecule has 1 aromatic carbocycles. The molecule has 0 aromatic heterocycles. The molecule has 1 atom stereocenters. The quantitative estimate of drug-likeness (QED) is 0.885. The summed E-state index contributed by atoms with van der Waals surface area (Å²) in [6.07, 6.45) is 3.07. The topological polar surface area (TPSA) is 75.7 Å². The first-order valence-corrected chi connectivity index (χ1v) is 9.29. The standard InChI is InChI=1S/C16H24N2O4S/c1-12-11-14(7-8-15(12)22-3)23(20,21)17-13(2)16(19)18-9-5-4-6-10-18/h7-8,11,13,17H,4-6,9-10H2,1-3H3/t13-/m0/s1. The number of nitrogens with zero attached hydrogens (tertiary/aromatic N) is 1. The van der Waals surface area contributed by atoms with Crippen LogP contribution in [-0.4, -0.2) is 45.5 Å². The maximum Gasteiger partial charge on any atom is 0.241 e. The van der Waals surface area contributed by atoms with Crippen molar-refractivity contribution in [1.29, 1.82) is 0 Å². The lowest BCUT2D eigenvalue weighted by molar-refractivity contribution is -0.133. The first kappa shape index (κ1) is 17.7. The second-order valence-electron chi connectivity index (χ2n) is 5.86. The largest absolute Gasteiger partial charge is 0.496 e. The van der Waals surface area contributed by atoms with Gasteiger partial charge in [-0.25, -0.2) is 8.42 Å². The Labute approximate surface area is 137 Å². The molecule has 1 amide bonds. The molecule has 128 valence electrons. The average molecular weight is 340 g/mol. The van der Waals surface area contributed by atoms with Gasteiger partial charge in [-0.1, -0.05) is 0 Å². The molecule has 1 aliphatic heterocycles. The van der Waals surface area contributed by atoms with Gasteiger partial charge in [-0.3, -0.25) is 4.79 Å². The van der Waals surface area contributed by atoms with E-state index in [1.165, 1.54) is 13.2 Å². The molecular weight excluding hydrogens is 316 g/mol. The average Bonchev–Trinajstić information content (AvgIpc) is 2.54. The molecule has 0 unspecified atom stereocenters. The highest BCUT2D eigenvalue weighted by Crippen LogP contribution is 2.21. The Bertz CT molecular complexity index is 667. The lowest BCUT2D eigenvalue weighted by Gasteiger charge is -2.29. The van der Waals surface area contributed by atoms with E-state index in [4.69, 9.17) is 4.74 Å². The molecule has 0 aliphatic carbocycles. The number of hydrogen-bond acceptors (Lipinski definition) is 4. The zero-order valence-corrected chi connectivity index (χ0v) is 14.6. The molecule has 0 spiro atoms. The first-order chi connectivity index (χ1) is 10.8. The molecule has 0 saturated carbocycles. The summed E-state index contributed by atoms with van der Waals surface area (Å²) in [4.78, 5) is 14.2. The minimum atomic E-state index is -3.74. The summed E-state index contributed by atoms with van der Waals surface area (Å²) in [5, 5.41) is 0. The number of nitrogens with one attached hydrogen (secondary N) is 1. The fraction of sp³-hybridized carbons (Fsp3) is 0.562. The summed E-state index contributed by atoms with van der Waals surface area (Å²) < 4.78 is 32.5. The number of methoxy groups -OCH3 is 1. The zero-order valence-electron chi connectivity index (χ0n) is 13.8. The number of carbonyl (C=O) groups is 1. The van der Waals surface area contributed by atoms with Gasteiger partial charge in [0, 0.05) is 13.1 Å². The van der Waals surface area contributed by atoms with Crippen LogP contribution in [0.5, 0.6) is 5.75 Å². The second-order valence-corrected chi connectivity index (χ2v) is 7.57. The fourth-order valence-electron chi connectivity index (χ4n) is 2.76. The molecule has 0 radical (unpaired) electrons. The SMILES string of the molecule is COc1ccc(S(=O)(=O)N[C@@H](C)C(=O)N2CCCCC2)cc1C. The number of carbonyl (C=O) groups excluding carboxylic acids is 1. The number of likely N-dealkylation sites (tertiary alicyclic amines) is 1. The summed E-state index contributed by atoms with van der Waals surface area (Å²) in [5.74, 6) is 0.458. The number of sulfonamides is 1. The molecule has 1 N–H and O–H groups in total. The molecule has 7 heteroatoms. The highest BCUT2D eigenvalue weighted by Gasteiger charge is 2.26. The van der Waals surface area contributed by atoms with Crippen LogP contribution in [0.25, 0.3) is 0 Å². The van der Waals surface area contributed by atoms with E-state index < -0.39 is 16.1 Å². The van der Waals surface area contributed by atoms with E-state index in [1.54, 1.807) is 30.9 Å². The van der Waals surface area contributed by atoms with Crippen LogP contribution >= 0.6 is 0 Å². The van der Waals surface area contributed by atoms with Crippen LogP contribution in [0.1, 0.15) is 31.7 Å². The van der Waals surface area contributed by atoms with Gasteiger partial charge >= 0.3 is 0 Å². The normalized spacial score (nSPS) is 16.9. The third-order valence-corrected chi connectivity index (χ3v) is 5.59. The minimum absolute atomic E-state index is 0.133. The Hall–Kier alpha value is -1.60. The summed E-state index contributed by atoms with van der Waals surface area (Å²) in [6, 6.07) is 3.85. The molecule has 23 heavy (non-hydrogen) atoms. The van der Waals surface area contributed by atoms with E-state index in [2.05, 4.69) is 4.72 Å². The fourth-order valence-corrected chi connectivity index (χ4v) is 4.04. The van der Waals surface area contributed by atoms with E-state index >= 15 is 0 Å². The Balaban J connectivity index is 2.10. The third kappa shape index (κ3) is 4.23. The summed E-state index contributed by atoms with van der Waals surface area (Å²) >= 11 is 0. The monoisotopic (exact) mass is 340 g/mol. The van der Waals surface area contributed by atoms with Gasteiger partial charge < -0.3 is 9.64 Å². The van der Waals surface area contributed by atoms with Crippen LogP contribution in [0.4, 0.5) is 0 Å². The Morgan fingerprint density at radius 3 is 2.48 bits per heavy atom. The van der Waals surface area contributed by atoms with Crippen LogP contribution in [0.3, 0.4) is 0 Å². The van der Waals surface area contributed by atoms with E-state index in [-0.39, 0.29) is 10.8 Å². The predicted molar refractivity (Wildman–Crippen MR) is 87.9 cm³/mol. The molecular formula is C16H24N2O4S. The maximum absolute atomic E-state index is 12.5. The molecule has 6 nitrogen and oxygen atoms in total. The number of benzene rings is 1. The van der Waals surface area contributed by atoms with Crippen molar-refractivity contribution in [2.45, 2.75) is 44.0 Å². The highest BCUT2D eigenvalue weighted by atomic mass is 32.2. The maximum atomic E-state index is 12.5. The summed E-state index contributed by atoms with van der Waals surface area (Å²) in [7, 11) is -2.21. The molecule has 0 bridgehead atoms. The summed E-state index contributed by atoms with van der Waals surface area (Å²) in [6.45, 7) is 4.77. The van der Waals surface area contributed by atoms with Crippen LogP contribution in [0.2, 0.25) is 0 Å². The number of aryl methyl sites for hydroxylation is 1. The van der Waals surface area contributed by atoms with Crippen molar-refractivity contribution < 1.29 is 17.9 Å². The summed E-state index contributed by atoms with van der Waals surface area (Å²) in [5.41, 5.74) is 0.727. The number of ether oxygens (including phenoxy) is 1. The predicted octanol–water partition coefficient (Wildman–Crippen LogP) is 1.68. The van der Waals surface area contributed by atoms with E-state index in [0.717, 1.165) is 24.8 Å². The van der Waals surface area contributed by atoms with Gasteiger partial charge in [-0.15, -0.1) is 0 Å². The number of hydrogen-bond donors (Lipinski definition) is 1. The Kier molecular flexibility index (Phi) is 5.64. The molecule has 1 heterocycles. The van der Waals surface area contributed by atoms with E-state index in [1.807, 2.05) is 0 Å². The number of amides is 1. The zero-order chi connectivity index (χ0) is 17.0. The van der Waals surface area contributed by atoms with Gasteiger partial charge in [0.2, 0.25) is 15.9 Å². The number of rotatable bonds is 5. The van der Waals surface area contributed by atoms with E-state index in [0.29, 0.717) is 18.8 Å². The highest BCUT2D eigenvalue weighted by molar-refractivity contribution is 7.89. The Morgan fingerprint density at radius 1 is 1.26 bits per heavy atom. The van der Waals surface area contributed by atoms with Crippen molar-refractivity contribution >= 4 is 15.9 Å². The van der Waals surface area contributed by atoms with Gasteiger partial charge in [0.1, 0.15) is 5.75 Å². The van der Waals surface area contributed by atoms with Gasteiger partial charge in [0.15, 0.2) is 0 Å². The van der Waals surface area contributed by atoms with Gasteiger partial charge in [0.05, 0.1) is 18.0 Å². The number of piperidine rings is 1. The van der Waals surface area contributed by atoms with Crippen LogP contribution in [0, 0.1) is 6.92 Å². The first-order valence-electron chi connectivity index (χ1n) is 7.81. The lowest BCUT2D eigenvalue weighted by atomic mass is 10.1. The molecule has 1 fully saturated rings. The van der Waals surface area contributed by atoms with E-state index in [9.17, 15) is 13.2 Å². The third-order valence-electron chi connectivity index (χ3n) is 4.05. The van der Waals surface area contributed by atoms with Crippen LogP contribution < -0.4 is 9.46 Å². The van der Waals surface area contributed by atoms with Crippen molar-refractivity contribution in [2.75, 3.05) is 20.2 Å². The van der Waals surface area contributed by atoms with Gasteiger partial charge in [-0.05, 0) is 56.9 Å². The van der Waals surface area contributed by atoms with Crippen molar-refractivity contribution in [3.8, 4) is 5.75 Å². The molecule has 2 rings (SSSR count). The van der Waals surface area contributed by atoms with Crippen molar-refractivity contribution in [1.82, 2.24) is 9.62 Å². The smallest absolute Gasteiger partial charge is 0.241 e. The minimum Gasteiger partial charge on any atom is -0.496 e. The van der Waals surface area contributed by atoms with Crippen LogP contribution in [0.15, 0.2) is 23.1 Å². The second kappa shape index (κ2) is 7.31. The lowest BCUT2D eigenvalue weighted by Crippen LogP contribution is -2.48. The van der Waals surface area contributed by atoms with Gasteiger partial charge in [-0.2, -0.15) is 4.72 Å². The van der Waals surface area contributed by atoms with Crippen LogP contribution in [-0.2, 0) is 14.8 Å². The Morgan fingerprint density at radius 2 is 1.91 bits per heavy atom.